The van der Waals surface area contributed by atoms with Crippen molar-refractivity contribution in [3.63, 3.8) is 0 Å². The zero-order valence-corrected chi connectivity index (χ0v) is 8.81. The van der Waals surface area contributed by atoms with E-state index in [4.69, 9.17) is 4.74 Å². The van der Waals surface area contributed by atoms with Crippen molar-refractivity contribution in [1.29, 1.82) is 0 Å². The van der Waals surface area contributed by atoms with E-state index in [0.29, 0.717) is 0 Å². The number of halogens is 1. The van der Waals surface area contributed by atoms with Crippen LogP contribution >= 0.6 is 15.9 Å². The Morgan fingerprint density at radius 3 is 2.83 bits per heavy atom. The van der Waals surface area contributed by atoms with Gasteiger partial charge >= 0.3 is 0 Å². The van der Waals surface area contributed by atoms with Crippen molar-refractivity contribution in [1.82, 2.24) is 0 Å². The van der Waals surface area contributed by atoms with Gasteiger partial charge in [-0.2, -0.15) is 0 Å². The highest BCUT2D eigenvalue weighted by Gasteiger charge is 2.32. The topological polar surface area (TPSA) is 9.23 Å². The van der Waals surface area contributed by atoms with Crippen molar-refractivity contribution < 1.29 is 4.74 Å². The second-order valence-corrected chi connectivity index (χ2v) is 4.43. The van der Waals surface area contributed by atoms with Crippen LogP contribution in [0.4, 0.5) is 0 Å². The third-order valence-electron chi connectivity index (χ3n) is 2.29. The summed E-state index contributed by atoms with van der Waals surface area (Å²) < 4.78 is 6.82. The number of hydrogen-bond donors (Lipinski definition) is 0. The Morgan fingerprint density at radius 2 is 2.17 bits per heavy atom. The predicted octanol–water partition coefficient (Wildman–Crippen LogP) is 3.21. The maximum atomic E-state index is 5.66. The van der Waals surface area contributed by atoms with E-state index >= 15 is 0 Å². The average molecular weight is 227 g/mol. The fourth-order valence-electron chi connectivity index (χ4n) is 1.69. The van der Waals surface area contributed by atoms with Crippen molar-refractivity contribution in [3.8, 4) is 0 Å². The molecule has 1 nitrogen and oxygen atoms in total. The molecule has 0 spiro atoms. The molecule has 1 heterocycles. The van der Waals surface area contributed by atoms with Crippen LogP contribution in [-0.4, -0.2) is 0 Å². The Bertz CT molecular complexity index is 318. The van der Waals surface area contributed by atoms with Crippen molar-refractivity contribution >= 4 is 15.9 Å². The molecule has 1 aliphatic heterocycles. The third-order valence-corrected chi connectivity index (χ3v) is 2.95. The molecule has 0 fully saturated rings. The number of fused-ring (bicyclic) bond motifs is 1. The maximum absolute atomic E-state index is 5.66. The van der Waals surface area contributed by atoms with Gasteiger partial charge in [-0.15, -0.1) is 0 Å². The van der Waals surface area contributed by atoms with E-state index in [1.807, 2.05) is 6.07 Å². The molecule has 0 amide bonds. The van der Waals surface area contributed by atoms with E-state index in [9.17, 15) is 0 Å². The second-order valence-electron chi connectivity index (χ2n) is 3.57. The van der Waals surface area contributed by atoms with Crippen LogP contribution in [0.25, 0.3) is 0 Å². The van der Waals surface area contributed by atoms with Gasteiger partial charge in [0.2, 0.25) is 0 Å². The molecule has 1 aliphatic rings. The Morgan fingerprint density at radius 1 is 1.42 bits per heavy atom. The molecule has 64 valence electrons. The largest absolute Gasteiger partial charge is 0.366 e. The summed E-state index contributed by atoms with van der Waals surface area (Å²) in [6.07, 6.45) is 0. The smallest absolute Gasteiger partial charge is 0.0894 e. The van der Waals surface area contributed by atoms with Crippen LogP contribution in [0.15, 0.2) is 22.7 Å². The molecule has 0 saturated carbocycles. The zero-order valence-electron chi connectivity index (χ0n) is 7.23. The molecule has 2 rings (SSSR count). The normalized spacial score (nSPS) is 19.2. The molecule has 0 atom stereocenters. The van der Waals surface area contributed by atoms with Crippen LogP contribution in [0.3, 0.4) is 0 Å². The number of hydrogen-bond acceptors (Lipinski definition) is 1. The first-order valence-electron chi connectivity index (χ1n) is 4.03. The van der Waals surface area contributed by atoms with Crippen molar-refractivity contribution in [2.45, 2.75) is 26.1 Å². The summed E-state index contributed by atoms with van der Waals surface area (Å²) in [5.41, 5.74) is 2.47. The van der Waals surface area contributed by atoms with E-state index in [2.05, 4.69) is 41.9 Å². The lowest BCUT2D eigenvalue weighted by molar-refractivity contribution is -0.00824. The summed E-state index contributed by atoms with van der Waals surface area (Å²) in [5.74, 6) is 0. The fraction of sp³-hybridized carbons (Fsp3) is 0.400. The number of benzene rings is 1. The standard InChI is InChI=1S/C10H11BrO/c1-10(2)9-7(6-12-10)4-3-5-8(9)11/h3-5H,6H2,1-2H3. The highest BCUT2D eigenvalue weighted by Crippen LogP contribution is 2.39. The quantitative estimate of drug-likeness (QED) is 0.661. The van der Waals surface area contributed by atoms with Crippen LogP contribution in [0.5, 0.6) is 0 Å². The molecule has 0 radical (unpaired) electrons. The molecule has 0 bridgehead atoms. The van der Waals surface area contributed by atoms with Gasteiger partial charge in [-0.1, -0.05) is 28.1 Å². The molecule has 0 aliphatic carbocycles. The molecule has 0 saturated heterocycles. The minimum Gasteiger partial charge on any atom is -0.366 e. The van der Waals surface area contributed by atoms with Gasteiger partial charge in [0.15, 0.2) is 0 Å². The van der Waals surface area contributed by atoms with Gasteiger partial charge in [-0.05, 0) is 25.5 Å². The zero-order chi connectivity index (χ0) is 8.77. The summed E-state index contributed by atoms with van der Waals surface area (Å²) >= 11 is 3.54. The Balaban J connectivity index is 2.64. The third kappa shape index (κ3) is 1.10. The molecule has 0 aromatic heterocycles. The first-order chi connectivity index (χ1) is 5.61. The van der Waals surface area contributed by atoms with Crippen molar-refractivity contribution in [2.24, 2.45) is 0 Å². The van der Waals surface area contributed by atoms with Crippen LogP contribution in [0.2, 0.25) is 0 Å². The average Bonchev–Trinajstić information content (AvgIpc) is 2.29. The monoisotopic (exact) mass is 226 g/mol. The van der Waals surface area contributed by atoms with E-state index in [-0.39, 0.29) is 5.60 Å². The first kappa shape index (κ1) is 8.27. The number of ether oxygens (including phenoxy) is 1. The van der Waals surface area contributed by atoms with Gasteiger partial charge < -0.3 is 4.74 Å². The minimum atomic E-state index is -0.130. The van der Waals surface area contributed by atoms with Gasteiger partial charge in [0.25, 0.3) is 0 Å². The highest BCUT2D eigenvalue weighted by atomic mass is 79.9. The van der Waals surface area contributed by atoms with Crippen LogP contribution in [-0.2, 0) is 16.9 Å². The predicted molar refractivity (Wildman–Crippen MR) is 52.0 cm³/mol. The molecular formula is C10H11BrO. The van der Waals surface area contributed by atoms with E-state index in [1.165, 1.54) is 11.1 Å². The lowest BCUT2D eigenvalue weighted by Gasteiger charge is -2.19. The summed E-state index contributed by atoms with van der Waals surface area (Å²) in [5, 5.41) is 0. The first-order valence-corrected chi connectivity index (χ1v) is 4.82. The maximum Gasteiger partial charge on any atom is 0.0894 e. The van der Waals surface area contributed by atoms with Crippen LogP contribution in [0.1, 0.15) is 25.0 Å². The van der Waals surface area contributed by atoms with Gasteiger partial charge in [-0.25, -0.2) is 0 Å². The lowest BCUT2D eigenvalue weighted by Crippen LogP contribution is -2.15. The van der Waals surface area contributed by atoms with E-state index in [1.54, 1.807) is 0 Å². The molecule has 2 heteroatoms. The van der Waals surface area contributed by atoms with Gasteiger partial charge in [-0.3, -0.25) is 0 Å². The fourth-order valence-corrected chi connectivity index (χ4v) is 2.58. The highest BCUT2D eigenvalue weighted by molar-refractivity contribution is 9.10. The second kappa shape index (κ2) is 2.57. The van der Waals surface area contributed by atoms with Crippen LogP contribution < -0.4 is 0 Å². The summed E-state index contributed by atoms with van der Waals surface area (Å²) in [7, 11) is 0. The summed E-state index contributed by atoms with van der Waals surface area (Å²) in [4.78, 5) is 0. The lowest BCUT2D eigenvalue weighted by atomic mass is 9.96. The number of rotatable bonds is 0. The molecule has 12 heavy (non-hydrogen) atoms. The van der Waals surface area contributed by atoms with Gasteiger partial charge in [0, 0.05) is 10.0 Å². The summed E-state index contributed by atoms with van der Waals surface area (Å²) in [6.45, 7) is 4.94. The Hall–Kier alpha value is -0.340. The van der Waals surface area contributed by atoms with Gasteiger partial charge in [0.05, 0.1) is 12.2 Å². The molecule has 1 aromatic rings. The summed E-state index contributed by atoms with van der Waals surface area (Å²) in [6, 6.07) is 6.23. The molecule has 0 N–H and O–H groups in total. The Kier molecular flexibility index (Phi) is 1.77. The SMILES string of the molecule is CC1(C)OCc2cccc(Br)c21. The minimum absolute atomic E-state index is 0.130. The molecule has 0 unspecified atom stereocenters. The van der Waals surface area contributed by atoms with Gasteiger partial charge in [0.1, 0.15) is 0 Å². The van der Waals surface area contributed by atoms with E-state index in [0.717, 1.165) is 11.1 Å². The molecular weight excluding hydrogens is 216 g/mol. The van der Waals surface area contributed by atoms with Crippen molar-refractivity contribution in [3.05, 3.63) is 33.8 Å². The molecule has 1 aromatic carbocycles. The van der Waals surface area contributed by atoms with Crippen molar-refractivity contribution in [2.75, 3.05) is 0 Å². The van der Waals surface area contributed by atoms with Crippen LogP contribution in [0, 0.1) is 0 Å². The van der Waals surface area contributed by atoms with E-state index < -0.39 is 0 Å². The Labute approximate surface area is 80.9 Å².